The van der Waals surface area contributed by atoms with Crippen LogP contribution in [-0.4, -0.2) is 73.4 Å². The summed E-state index contributed by atoms with van der Waals surface area (Å²) in [6, 6.07) is -0.864. The minimum atomic E-state index is -4.36. The van der Waals surface area contributed by atoms with Crippen molar-refractivity contribution in [2.24, 2.45) is 0 Å². The monoisotopic (exact) mass is 1090 g/mol. The highest BCUT2D eigenvalue weighted by atomic mass is 31.2. The van der Waals surface area contributed by atoms with E-state index in [1.54, 1.807) is 6.08 Å². The fourth-order valence-electron chi connectivity index (χ4n) is 9.86. The molecule has 0 heterocycles. The van der Waals surface area contributed by atoms with E-state index < -0.39 is 20.0 Å². The van der Waals surface area contributed by atoms with Crippen LogP contribution in [0.5, 0.6) is 0 Å². The van der Waals surface area contributed by atoms with E-state index in [4.69, 9.17) is 9.05 Å². The number of rotatable bonds is 61. The first-order valence-electron chi connectivity index (χ1n) is 33.0. The lowest BCUT2D eigenvalue weighted by Gasteiger charge is -2.25. The Morgan fingerprint density at radius 2 is 0.763 bits per heavy atom. The number of allylic oxidation sites excluding steroid dienone is 7. The molecule has 9 heteroatoms. The Labute approximate surface area is 473 Å². The maximum Gasteiger partial charge on any atom is 0.472 e. The van der Waals surface area contributed by atoms with Gasteiger partial charge in [0.25, 0.3) is 0 Å². The third-order valence-electron chi connectivity index (χ3n) is 15.0. The number of carbonyl (C=O) groups is 1. The van der Waals surface area contributed by atoms with E-state index in [-0.39, 0.29) is 19.1 Å². The summed E-state index contributed by atoms with van der Waals surface area (Å²) in [5.74, 6) is -0.183. The second kappa shape index (κ2) is 58.1. The van der Waals surface area contributed by atoms with Crippen molar-refractivity contribution < 1.29 is 32.9 Å². The number of hydrogen-bond acceptors (Lipinski definition) is 5. The Bertz CT molecular complexity index is 1380. The van der Waals surface area contributed by atoms with Crippen LogP contribution in [0.25, 0.3) is 0 Å². The van der Waals surface area contributed by atoms with Crippen LogP contribution in [0, 0.1) is 0 Å². The molecule has 0 aliphatic carbocycles. The summed E-state index contributed by atoms with van der Waals surface area (Å²) < 4.78 is 23.7. The van der Waals surface area contributed by atoms with Gasteiger partial charge >= 0.3 is 7.82 Å². The molecule has 0 aliphatic rings. The van der Waals surface area contributed by atoms with Crippen molar-refractivity contribution in [1.29, 1.82) is 0 Å². The summed E-state index contributed by atoms with van der Waals surface area (Å²) in [5.41, 5.74) is 0. The molecule has 0 aromatic rings. The molecule has 3 N–H and O–H groups in total. The fraction of sp³-hybridized carbons (Fsp3) is 0.866. The van der Waals surface area contributed by atoms with Gasteiger partial charge in [-0.05, 0) is 64.2 Å². The highest BCUT2D eigenvalue weighted by Crippen LogP contribution is 2.43. The van der Waals surface area contributed by atoms with E-state index in [1.165, 1.54) is 257 Å². The number of hydrogen-bond donors (Lipinski definition) is 3. The molecule has 448 valence electrons. The molecule has 0 fully saturated rings. The van der Waals surface area contributed by atoms with Gasteiger partial charge in [0.15, 0.2) is 0 Å². The Morgan fingerprint density at radius 3 is 1.13 bits per heavy atom. The lowest BCUT2D eigenvalue weighted by Crippen LogP contribution is -2.45. The van der Waals surface area contributed by atoms with Gasteiger partial charge < -0.3 is 19.8 Å². The van der Waals surface area contributed by atoms with Crippen LogP contribution >= 0.6 is 7.82 Å². The molecule has 0 bridgehead atoms. The summed E-state index contributed by atoms with van der Waals surface area (Å²) in [5, 5.41) is 13.9. The van der Waals surface area contributed by atoms with Crippen LogP contribution in [0.1, 0.15) is 322 Å². The van der Waals surface area contributed by atoms with Crippen molar-refractivity contribution in [3.05, 3.63) is 48.6 Å². The molecule has 0 spiro atoms. The lowest BCUT2D eigenvalue weighted by atomic mass is 10.0. The molecule has 3 unspecified atom stereocenters. The summed E-state index contributed by atoms with van der Waals surface area (Å²) >= 11 is 0. The van der Waals surface area contributed by atoms with Gasteiger partial charge in [0.1, 0.15) is 13.2 Å². The average Bonchev–Trinajstić information content (AvgIpc) is 3.38. The molecule has 3 atom stereocenters. The predicted molar refractivity (Wildman–Crippen MR) is 332 cm³/mol. The number of carbonyl (C=O) groups excluding carboxylic acids is 1. The van der Waals surface area contributed by atoms with Gasteiger partial charge in [-0.1, -0.05) is 300 Å². The van der Waals surface area contributed by atoms with E-state index in [0.29, 0.717) is 17.4 Å². The predicted octanol–water partition coefficient (Wildman–Crippen LogP) is 20.7. The highest BCUT2D eigenvalue weighted by molar-refractivity contribution is 7.47. The summed E-state index contributed by atoms with van der Waals surface area (Å²) in [7, 11) is 1.56. The van der Waals surface area contributed by atoms with E-state index >= 15 is 0 Å². The van der Waals surface area contributed by atoms with Crippen LogP contribution in [0.3, 0.4) is 0 Å². The molecule has 8 nitrogen and oxygen atoms in total. The Morgan fingerprint density at radius 1 is 0.447 bits per heavy atom. The van der Waals surface area contributed by atoms with Crippen molar-refractivity contribution in [2.75, 3.05) is 40.9 Å². The number of quaternary nitrogens is 1. The molecule has 0 aromatic carbocycles. The Balaban J connectivity index is 4.00. The number of aliphatic hydroxyl groups is 1. The normalized spacial score (nSPS) is 14.0. The zero-order valence-corrected chi connectivity index (χ0v) is 52.2. The second-order valence-corrected chi connectivity index (χ2v) is 25.3. The number of likely N-dealkylation sites (N-methyl/N-ethyl adjacent to an activating group) is 1. The Hall–Kier alpha value is -1.54. The number of nitrogens with zero attached hydrogens (tertiary/aromatic N) is 1. The van der Waals surface area contributed by atoms with Gasteiger partial charge in [0, 0.05) is 6.42 Å². The SMILES string of the molecule is CCCCCCCCCCCCC/C=C/CC/C=C/C(O)C(COP(=O)(O)OCC[N+](C)(C)C)NC(=O)CCCCCCCCCCCCCCCCCCC/C=C\C/C=C\CCCCCCCCCCCCCCC. The topological polar surface area (TPSA) is 105 Å². The molecule has 0 aliphatic heterocycles. The van der Waals surface area contributed by atoms with Gasteiger partial charge in [-0.3, -0.25) is 13.8 Å². The molecular formula is C67H130N2O6P+. The summed E-state index contributed by atoms with van der Waals surface area (Å²) in [6.45, 7) is 4.83. The van der Waals surface area contributed by atoms with Gasteiger partial charge in [0.2, 0.25) is 5.91 Å². The maximum absolute atomic E-state index is 13.0. The Kier molecular flexibility index (Phi) is 56.9. The zero-order valence-electron chi connectivity index (χ0n) is 51.3. The van der Waals surface area contributed by atoms with Crippen molar-refractivity contribution in [2.45, 2.75) is 334 Å². The van der Waals surface area contributed by atoms with E-state index in [1.807, 2.05) is 27.2 Å². The number of nitrogens with one attached hydrogen (secondary N) is 1. The molecular weight excluding hydrogens is 960 g/mol. The summed E-state index contributed by atoms with van der Waals surface area (Å²) in [4.78, 5) is 23.3. The fourth-order valence-corrected chi connectivity index (χ4v) is 10.6. The number of aliphatic hydroxyl groups excluding tert-OH is 1. The molecule has 76 heavy (non-hydrogen) atoms. The minimum absolute atomic E-state index is 0.0566. The van der Waals surface area contributed by atoms with E-state index in [9.17, 15) is 19.4 Å². The van der Waals surface area contributed by atoms with Gasteiger partial charge in [-0.15, -0.1) is 0 Å². The van der Waals surface area contributed by atoms with Crippen molar-refractivity contribution in [3.63, 3.8) is 0 Å². The summed E-state index contributed by atoms with van der Waals surface area (Å²) in [6.07, 6.45) is 78.3. The first-order chi connectivity index (χ1) is 37.0. The zero-order chi connectivity index (χ0) is 55.6. The van der Waals surface area contributed by atoms with Crippen molar-refractivity contribution >= 4 is 13.7 Å². The van der Waals surface area contributed by atoms with Gasteiger partial charge in [-0.25, -0.2) is 4.57 Å². The standard InChI is InChI=1S/C67H129N2O6P/c1-6-8-10-12-14-16-18-20-22-24-25-26-27-28-29-30-31-32-33-34-35-36-37-38-39-40-41-42-43-45-47-49-51-53-55-57-59-61-67(71)68-65(64-75-76(72,73)74-63-62-69(3,4)5)66(70)60-58-56-54-52-50-48-46-44-23-21-19-17-15-13-11-9-7-2/h29-30,32-33,50,52,58,60,65-66,70H,6-28,31,34-49,51,53-57,59,61-64H2,1-5H3,(H-,68,71,72,73)/p+1/b30-29-,33-32-,52-50+,60-58+. The number of phosphoric acid groups is 1. The second-order valence-electron chi connectivity index (χ2n) is 23.8. The number of amides is 1. The number of unbranched alkanes of at least 4 members (excludes halogenated alkanes) is 42. The van der Waals surface area contributed by atoms with Crippen LogP contribution in [0.2, 0.25) is 0 Å². The maximum atomic E-state index is 13.0. The smallest absolute Gasteiger partial charge is 0.387 e. The van der Waals surface area contributed by atoms with Gasteiger partial charge in [-0.2, -0.15) is 0 Å². The largest absolute Gasteiger partial charge is 0.472 e. The van der Waals surface area contributed by atoms with Crippen LogP contribution in [-0.2, 0) is 18.4 Å². The van der Waals surface area contributed by atoms with Crippen LogP contribution in [0.4, 0.5) is 0 Å². The van der Waals surface area contributed by atoms with Crippen molar-refractivity contribution in [1.82, 2.24) is 5.32 Å². The first-order valence-corrected chi connectivity index (χ1v) is 34.5. The third-order valence-corrected chi connectivity index (χ3v) is 16.0. The molecule has 0 rings (SSSR count). The lowest BCUT2D eigenvalue weighted by molar-refractivity contribution is -0.870. The average molecular weight is 1090 g/mol. The molecule has 0 saturated heterocycles. The van der Waals surface area contributed by atoms with E-state index in [0.717, 1.165) is 44.9 Å². The number of phosphoric ester groups is 1. The first kappa shape index (κ1) is 74.5. The quantitative estimate of drug-likeness (QED) is 0.0243. The van der Waals surface area contributed by atoms with Crippen molar-refractivity contribution in [3.8, 4) is 0 Å². The highest BCUT2D eigenvalue weighted by Gasteiger charge is 2.28. The minimum Gasteiger partial charge on any atom is -0.387 e. The molecule has 1 amide bonds. The van der Waals surface area contributed by atoms with Crippen LogP contribution < -0.4 is 5.32 Å². The van der Waals surface area contributed by atoms with E-state index in [2.05, 4.69) is 55.6 Å². The van der Waals surface area contributed by atoms with Crippen LogP contribution in [0.15, 0.2) is 48.6 Å². The third kappa shape index (κ3) is 60.1. The molecule has 0 radical (unpaired) electrons. The molecule has 0 aromatic heterocycles. The van der Waals surface area contributed by atoms with Gasteiger partial charge in [0.05, 0.1) is 39.9 Å². The molecule has 0 saturated carbocycles.